The number of rotatable bonds is 6. The first-order chi connectivity index (χ1) is 8.16. The van der Waals surface area contributed by atoms with Crippen LogP contribution in [0.5, 0.6) is 5.75 Å². The van der Waals surface area contributed by atoms with E-state index in [2.05, 4.69) is 34.8 Å². The van der Waals surface area contributed by atoms with Crippen molar-refractivity contribution < 1.29 is 4.74 Å². The molecule has 94 valence electrons. The zero-order valence-corrected chi connectivity index (χ0v) is 12.1. The van der Waals surface area contributed by atoms with Crippen LogP contribution in [0.3, 0.4) is 0 Å². The van der Waals surface area contributed by atoms with E-state index < -0.39 is 0 Å². The average molecular weight is 298 g/mol. The van der Waals surface area contributed by atoms with E-state index in [-0.39, 0.29) is 0 Å². The van der Waals surface area contributed by atoms with Crippen LogP contribution in [0.4, 0.5) is 0 Å². The molecule has 1 saturated carbocycles. The number of halogens is 1. The summed E-state index contributed by atoms with van der Waals surface area (Å²) in [5.74, 6) is 1.87. The van der Waals surface area contributed by atoms with Gasteiger partial charge in [-0.2, -0.15) is 0 Å². The molecule has 3 heteroatoms. The van der Waals surface area contributed by atoms with E-state index in [0.29, 0.717) is 6.04 Å². The lowest BCUT2D eigenvalue weighted by atomic mass is 10.2. The smallest absolute Gasteiger partial charge is 0.119 e. The summed E-state index contributed by atoms with van der Waals surface area (Å²) >= 11 is 3.41. The Labute approximate surface area is 112 Å². The van der Waals surface area contributed by atoms with Crippen molar-refractivity contribution in [2.75, 3.05) is 20.2 Å². The second-order valence-electron chi connectivity index (χ2n) is 4.86. The number of nitrogens with zero attached hydrogens (tertiary/aromatic N) is 1. The molecule has 0 N–H and O–H groups in total. The van der Waals surface area contributed by atoms with E-state index >= 15 is 0 Å². The van der Waals surface area contributed by atoms with Crippen molar-refractivity contribution in [2.24, 2.45) is 5.92 Å². The van der Waals surface area contributed by atoms with E-state index in [9.17, 15) is 0 Å². The predicted octanol–water partition coefficient (Wildman–Crippen LogP) is 3.56. The fourth-order valence-electron chi connectivity index (χ4n) is 1.98. The van der Waals surface area contributed by atoms with Crippen molar-refractivity contribution in [1.82, 2.24) is 4.90 Å². The van der Waals surface area contributed by atoms with Crippen molar-refractivity contribution in [1.29, 1.82) is 0 Å². The highest BCUT2D eigenvalue weighted by molar-refractivity contribution is 9.10. The van der Waals surface area contributed by atoms with Gasteiger partial charge < -0.3 is 9.64 Å². The van der Waals surface area contributed by atoms with E-state index in [1.807, 2.05) is 24.3 Å². The number of likely N-dealkylation sites (N-methyl/N-ethyl adjacent to an activating group) is 1. The van der Waals surface area contributed by atoms with Gasteiger partial charge in [-0.1, -0.05) is 15.9 Å². The van der Waals surface area contributed by atoms with E-state index in [0.717, 1.165) is 29.3 Å². The molecule has 1 aromatic carbocycles. The van der Waals surface area contributed by atoms with Gasteiger partial charge in [-0.05, 0) is 57.0 Å². The lowest BCUT2D eigenvalue weighted by molar-refractivity contribution is 0.186. The van der Waals surface area contributed by atoms with Crippen LogP contribution < -0.4 is 4.74 Å². The van der Waals surface area contributed by atoms with Crippen LogP contribution in [-0.4, -0.2) is 31.1 Å². The monoisotopic (exact) mass is 297 g/mol. The Kier molecular flexibility index (Phi) is 4.46. The van der Waals surface area contributed by atoms with E-state index in [1.165, 1.54) is 12.8 Å². The molecule has 0 heterocycles. The molecule has 0 bridgehead atoms. The van der Waals surface area contributed by atoms with Crippen LogP contribution in [0.25, 0.3) is 0 Å². The van der Waals surface area contributed by atoms with Gasteiger partial charge in [0, 0.05) is 17.1 Å². The van der Waals surface area contributed by atoms with Crippen molar-refractivity contribution in [2.45, 2.75) is 25.8 Å². The highest BCUT2D eigenvalue weighted by Crippen LogP contribution is 2.34. The number of ether oxygens (including phenoxy) is 1. The summed E-state index contributed by atoms with van der Waals surface area (Å²) in [6.45, 7) is 4.07. The fraction of sp³-hybridized carbons (Fsp3) is 0.571. The van der Waals surface area contributed by atoms with Crippen molar-refractivity contribution in [3.63, 3.8) is 0 Å². The van der Waals surface area contributed by atoms with Crippen LogP contribution in [0.2, 0.25) is 0 Å². The van der Waals surface area contributed by atoms with Gasteiger partial charge in [0.25, 0.3) is 0 Å². The van der Waals surface area contributed by atoms with E-state index in [1.54, 1.807) is 0 Å². The molecule has 0 aliphatic heterocycles. The summed E-state index contributed by atoms with van der Waals surface area (Å²) in [5.41, 5.74) is 0. The lowest BCUT2D eigenvalue weighted by Crippen LogP contribution is -2.34. The SMILES string of the molecule is CC(C1CC1)N(C)CCOc1ccc(Br)cc1. The maximum atomic E-state index is 5.72. The highest BCUT2D eigenvalue weighted by Gasteiger charge is 2.30. The predicted molar refractivity (Wildman–Crippen MR) is 74.5 cm³/mol. The maximum absolute atomic E-state index is 5.72. The van der Waals surface area contributed by atoms with Gasteiger partial charge in [0.1, 0.15) is 12.4 Å². The first kappa shape index (κ1) is 12.9. The first-order valence-corrected chi connectivity index (χ1v) is 7.04. The van der Waals surface area contributed by atoms with Crippen LogP contribution in [0.1, 0.15) is 19.8 Å². The Morgan fingerprint density at radius 1 is 1.35 bits per heavy atom. The molecule has 0 aromatic heterocycles. The van der Waals surface area contributed by atoms with Crippen LogP contribution in [-0.2, 0) is 0 Å². The molecule has 0 radical (unpaired) electrons. The topological polar surface area (TPSA) is 12.5 Å². The number of hydrogen-bond acceptors (Lipinski definition) is 2. The summed E-state index contributed by atoms with van der Waals surface area (Å²) in [5, 5.41) is 0. The van der Waals surface area contributed by atoms with Crippen molar-refractivity contribution >= 4 is 15.9 Å². The Hall–Kier alpha value is -0.540. The van der Waals surface area contributed by atoms with Gasteiger partial charge in [0.15, 0.2) is 0 Å². The molecule has 0 spiro atoms. The van der Waals surface area contributed by atoms with Gasteiger partial charge in [0.2, 0.25) is 0 Å². The van der Waals surface area contributed by atoms with Crippen LogP contribution in [0, 0.1) is 5.92 Å². The minimum absolute atomic E-state index is 0.698. The second kappa shape index (κ2) is 5.87. The molecule has 2 nitrogen and oxygen atoms in total. The summed E-state index contributed by atoms with van der Waals surface area (Å²) in [7, 11) is 2.19. The summed E-state index contributed by atoms with van der Waals surface area (Å²) < 4.78 is 6.81. The average Bonchev–Trinajstić information content (AvgIpc) is 3.14. The number of benzene rings is 1. The molecule has 1 aromatic rings. The standard InChI is InChI=1S/C14H20BrNO/c1-11(12-3-4-12)16(2)9-10-17-14-7-5-13(15)6-8-14/h5-8,11-12H,3-4,9-10H2,1-2H3. The third-order valence-electron chi connectivity index (χ3n) is 3.53. The third-order valence-corrected chi connectivity index (χ3v) is 4.05. The molecule has 2 rings (SSSR count). The molecular formula is C14H20BrNO. The molecule has 17 heavy (non-hydrogen) atoms. The Bertz CT molecular complexity index is 348. The molecular weight excluding hydrogens is 278 g/mol. The summed E-state index contributed by atoms with van der Waals surface area (Å²) in [6, 6.07) is 8.70. The molecule has 1 unspecified atom stereocenters. The molecule has 1 atom stereocenters. The van der Waals surface area contributed by atoms with Crippen LogP contribution in [0.15, 0.2) is 28.7 Å². The minimum Gasteiger partial charge on any atom is -0.492 e. The molecule has 1 aliphatic carbocycles. The van der Waals surface area contributed by atoms with E-state index in [4.69, 9.17) is 4.74 Å². The quantitative estimate of drug-likeness (QED) is 0.796. The molecule has 0 amide bonds. The van der Waals surface area contributed by atoms with Crippen molar-refractivity contribution in [3.05, 3.63) is 28.7 Å². The largest absolute Gasteiger partial charge is 0.492 e. The zero-order chi connectivity index (χ0) is 12.3. The Morgan fingerprint density at radius 3 is 2.59 bits per heavy atom. The normalized spacial score (nSPS) is 17.2. The zero-order valence-electron chi connectivity index (χ0n) is 10.5. The van der Waals surface area contributed by atoms with Gasteiger partial charge in [-0.25, -0.2) is 0 Å². The Morgan fingerprint density at radius 2 is 2.00 bits per heavy atom. The summed E-state index contributed by atoms with van der Waals surface area (Å²) in [4.78, 5) is 2.40. The van der Waals surface area contributed by atoms with Gasteiger partial charge >= 0.3 is 0 Å². The van der Waals surface area contributed by atoms with Crippen LogP contribution >= 0.6 is 15.9 Å². The third kappa shape index (κ3) is 4.00. The first-order valence-electron chi connectivity index (χ1n) is 6.25. The lowest BCUT2D eigenvalue weighted by Gasteiger charge is -2.24. The summed E-state index contributed by atoms with van der Waals surface area (Å²) in [6.07, 6.45) is 2.80. The minimum atomic E-state index is 0.698. The fourth-order valence-corrected chi connectivity index (χ4v) is 2.24. The molecule has 1 fully saturated rings. The van der Waals surface area contributed by atoms with Gasteiger partial charge in [0.05, 0.1) is 0 Å². The molecule has 1 aliphatic rings. The number of hydrogen-bond donors (Lipinski definition) is 0. The van der Waals surface area contributed by atoms with Gasteiger partial charge in [-0.3, -0.25) is 0 Å². The second-order valence-corrected chi connectivity index (χ2v) is 5.78. The van der Waals surface area contributed by atoms with Crippen molar-refractivity contribution in [3.8, 4) is 5.75 Å². The molecule has 0 saturated heterocycles. The van der Waals surface area contributed by atoms with Gasteiger partial charge in [-0.15, -0.1) is 0 Å². The highest BCUT2D eigenvalue weighted by atomic mass is 79.9. The maximum Gasteiger partial charge on any atom is 0.119 e. The Balaban J connectivity index is 1.69.